The van der Waals surface area contributed by atoms with Crippen LogP contribution in [-0.2, 0) is 0 Å². The molecular weight excluding hydrogens is 323 g/mol. The molecule has 2 aromatic carbocycles. The molecule has 0 fully saturated rings. The predicted molar refractivity (Wildman–Crippen MR) is 89.3 cm³/mol. The van der Waals surface area contributed by atoms with Gasteiger partial charge in [0.2, 0.25) is 0 Å². The van der Waals surface area contributed by atoms with Crippen LogP contribution in [0.25, 0.3) is 10.9 Å². The monoisotopic (exact) mass is 334 g/mol. The van der Waals surface area contributed by atoms with E-state index in [9.17, 15) is 4.79 Å². The van der Waals surface area contributed by atoms with E-state index >= 15 is 0 Å². The zero-order chi connectivity index (χ0) is 15.7. The molecule has 1 heterocycles. The van der Waals surface area contributed by atoms with Crippen molar-refractivity contribution in [3.63, 3.8) is 0 Å². The number of ether oxygens (including phenoxy) is 1. The predicted octanol–water partition coefficient (Wildman–Crippen LogP) is 4.74. The van der Waals surface area contributed by atoms with Crippen LogP contribution >= 0.6 is 23.2 Å². The number of methoxy groups -OCH3 is 1. The van der Waals surface area contributed by atoms with Crippen LogP contribution in [0, 0.1) is 0 Å². The highest BCUT2D eigenvalue weighted by atomic mass is 35.5. The van der Waals surface area contributed by atoms with Crippen LogP contribution in [0.2, 0.25) is 10.0 Å². The maximum absolute atomic E-state index is 12.4. The van der Waals surface area contributed by atoms with E-state index in [1.807, 2.05) is 6.07 Å². The Morgan fingerprint density at radius 3 is 2.59 bits per heavy atom. The largest absolute Gasteiger partial charge is 0.495 e. The van der Waals surface area contributed by atoms with Gasteiger partial charge in [0, 0.05) is 20.9 Å². The Hall–Kier alpha value is -2.17. The van der Waals surface area contributed by atoms with Gasteiger partial charge in [-0.2, -0.15) is 0 Å². The molecule has 3 rings (SSSR count). The summed E-state index contributed by atoms with van der Waals surface area (Å²) in [5.74, 6) is 0.254. The van der Waals surface area contributed by atoms with Crippen LogP contribution in [0.1, 0.15) is 10.5 Å². The van der Waals surface area contributed by atoms with Crippen LogP contribution < -0.4 is 10.1 Å². The number of hydrogen-bond acceptors (Lipinski definition) is 2. The molecule has 112 valence electrons. The third kappa shape index (κ3) is 2.89. The van der Waals surface area contributed by atoms with E-state index in [4.69, 9.17) is 27.9 Å². The van der Waals surface area contributed by atoms with E-state index in [1.165, 1.54) is 7.11 Å². The summed E-state index contributed by atoms with van der Waals surface area (Å²) in [6.07, 6.45) is 0. The molecule has 0 saturated carbocycles. The number of hydrogen-bond donors (Lipinski definition) is 2. The van der Waals surface area contributed by atoms with Crippen LogP contribution in [-0.4, -0.2) is 18.0 Å². The van der Waals surface area contributed by atoms with E-state index in [-0.39, 0.29) is 5.91 Å². The first kappa shape index (κ1) is 14.8. The number of carbonyl (C=O) groups excluding carboxylic acids is 1. The second-order valence-electron chi connectivity index (χ2n) is 4.71. The van der Waals surface area contributed by atoms with Crippen molar-refractivity contribution in [2.24, 2.45) is 0 Å². The van der Waals surface area contributed by atoms with Crippen molar-refractivity contribution in [3.8, 4) is 5.75 Å². The smallest absolute Gasteiger partial charge is 0.272 e. The Labute approximate surface area is 137 Å². The number of aromatic amines is 1. The molecule has 0 saturated heterocycles. The molecule has 0 atom stereocenters. The van der Waals surface area contributed by atoms with Gasteiger partial charge in [-0.25, -0.2) is 0 Å². The minimum Gasteiger partial charge on any atom is -0.495 e. The zero-order valence-corrected chi connectivity index (χ0v) is 13.1. The van der Waals surface area contributed by atoms with E-state index in [2.05, 4.69) is 10.3 Å². The van der Waals surface area contributed by atoms with Gasteiger partial charge in [0.05, 0.1) is 12.8 Å². The Balaban J connectivity index is 1.91. The van der Waals surface area contributed by atoms with Crippen molar-refractivity contribution in [2.75, 3.05) is 12.4 Å². The lowest BCUT2D eigenvalue weighted by atomic mass is 10.2. The number of amides is 1. The van der Waals surface area contributed by atoms with E-state index < -0.39 is 0 Å². The molecule has 0 spiro atoms. The second kappa shape index (κ2) is 5.91. The number of rotatable bonds is 3. The Morgan fingerprint density at radius 1 is 1.09 bits per heavy atom. The van der Waals surface area contributed by atoms with Gasteiger partial charge < -0.3 is 15.0 Å². The molecule has 0 radical (unpaired) electrons. The Morgan fingerprint density at radius 2 is 1.82 bits per heavy atom. The molecule has 0 aliphatic carbocycles. The number of nitrogens with one attached hydrogen (secondary N) is 2. The topological polar surface area (TPSA) is 54.1 Å². The maximum atomic E-state index is 12.4. The summed E-state index contributed by atoms with van der Waals surface area (Å²) in [5.41, 5.74) is 1.78. The molecule has 4 nitrogen and oxygen atoms in total. The van der Waals surface area contributed by atoms with Gasteiger partial charge in [0.25, 0.3) is 5.91 Å². The molecule has 0 unspecified atom stereocenters. The summed E-state index contributed by atoms with van der Waals surface area (Å²) >= 11 is 11.9. The zero-order valence-electron chi connectivity index (χ0n) is 11.6. The third-order valence-electron chi connectivity index (χ3n) is 3.24. The summed E-state index contributed by atoms with van der Waals surface area (Å²) in [6, 6.07) is 12.2. The molecule has 2 N–H and O–H groups in total. The molecule has 3 aromatic rings. The summed E-state index contributed by atoms with van der Waals surface area (Å²) in [5, 5.41) is 4.79. The fourth-order valence-electron chi connectivity index (χ4n) is 2.19. The fraction of sp³-hybridized carbons (Fsp3) is 0.0625. The van der Waals surface area contributed by atoms with Crippen molar-refractivity contribution >= 4 is 45.7 Å². The highest BCUT2D eigenvalue weighted by molar-refractivity contribution is 6.31. The van der Waals surface area contributed by atoms with Crippen LogP contribution in [0.5, 0.6) is 5.75 Å². The average Bonchev–Trinajstić information content (AvgIpc) is 2.90. The number of aromatic nitrogens is 1. The standard InChI is InChI=1S/C16H12Cl2N2O2/c1-22-15-5-3-11(18)8-13(15)20-16(21)14-7-9-6-10(17)2-4-12(9)19-14/h2-8,19H,1H3,(H,20,21). The van der Waals surface area contributed by atoms with Crippen LogP contribution in [0.4, 0.5) is 5.69 Å². The lowest BCUT2D eigenvalue weighted by Gasteiger charge is -2.09. The normalized spacial score (nSPS) is 10.7. The lowest BCUT2D eigenvalue weighted by molar-refractivity contribution is 0.102. The van der Waals surface area contributed by atoms with Gasteiger partial charge >= 0.3 is 0 Å². The number of benzene rings is 2. The summed E-state index contributed by atoms with van der Waals surface area (Å²) in [6.45, 7) is 0. The highest BCUT2D eigenvalue weighted by Crippen LogP contribution is 2.28. The van der Waals surface area contributed by atoms with Gasteiger partial charge in [-0.1, -0.05) is 23.2 Å². The third-order valence-corrected chi connectivity index (χ3v) is 3.71. The Bertz CT molecular complexity index is 858. The number of carbonyl (C=O) groups is 1. The van der Waals surface area contributed by atoms with Crippen molar-refractivity contribution in [2.45, 2.75) is 0 Å². The molecule has 6 heteroatoms. The quantitative estimate of drug-likeness (QED) is 0.727. The molecule has 1 amide bonds. The first-order chi connectivity index (χ1) is 10.6. The van der Waals surface area contributed by atoms with E-state index in [1.54, 1.807) is 36.4 Å². The molecular formula is C16H12Cl2N2O2. The van der Waals surface area contributed by atoms with Crippen LogP contribution in [0.3, 0.4) is 0 Å². The van der Waals surface area contributed by atoms with Gasteiger partial charge in [0.1, 0.15) is 11.4 Å². The SMILES string of the molecule is COc1ccc(Cl)cc1NC(=O)c1cc2cc(Cl)ccc2[nH]1. The van der Waals surface area contributed by atoms with E-state index in [0.29, 0.717) is 27.2 Å². The number of anilines is 1. The van der Waals surface area contributed by atoms with Crippen molar-refractivity contribution < 1.29 is 9.53 Å². The van der Waals surface area contributed by atoms with Crippen molar-refractivity contribution in [1.29, 1.82) is 0 Å². The minimum atomic E-state index is -0.284. The Kier molecular flexibility index (Phi) is 3.96. The second-order valence-corrected chi connectivity index (χ2v) is 5.59. The molecule has 22 heavy (non-hydrogen) atoms. The van der Waals surface area contributed by atoms with Gasteiger partial charge in [0.15, 0.2) is 0 Å². The summed E-state index contributed by atoms with van der Waals surface area (Å²) in [7, 11) is 1.53. The lowest BCUT2D eigenvalue weighted by Crippen LogP contribution is -2.13. The van der Waals surface area contributed by atoms with Crippen molar-refractivity contribution in [1.82, 2.24) is 4.98 Å². The van der Waals surface area contributed by atoms with Crippen LogP contribution in [0.15, 0.2) is 42.5 Å². The maximum Gasteiger partial charge on any atom is 0.272 e. The first-order valence-electron chi connectivity index (χ1n) is 6.50. The molecule has 0 aliphatic heterocycles. The fourth-order valence-corrected chi connectivity index (χ4v) is 2.55. The average molecular weight is 335 g/mol. The minimum absolute atomic E-state index is 0.284. The summed E-state index contributed by atoms with van der Waals surface area (Å²) < 4.78 is 5.21. The highest BCUT2D eigenvalue weighted by Gasteiger charge is 2.13. The number of halogens is 2. The van der Waals surface area contributed by atoms with Gasteiger partial charge in [-0.15, -0.1) is 0 Å². The van der Waals surface area contributed by atoms with Gasteiger partial charge in [-0.3, -0.25) is 4.79 Å². The van der Waals surface area contributed by atoms with E-state index in [0.717, 1.165) is 10.9 Å². The molecule has 1 aromatic heterocycles. The molecule has 0 bridgehead atoms. The number of H-pyrrole nitrogens is 1. The molecule has 0 aliphatic rings. The van der Waals surface area contributed by atoms with Crippen molar-refractivity contribution in [3.05, 3.63) is 58.2 Å². The first-order valence-corrected chi connectivity index (χ1v) is 7.25. The van der Waals surface area contributed by atoms with Gasteiger partial charge in [-0.05, 0) is 42.5 Å². The number of fused-ring (bicyclic) bond motifs is 1. The summed E-state index contributed by atoms with van der Waals surface area (Å²) in [4.78, 5) is 15.4.